The molecule has 0 saturated carbocycles. The normalized spacial score (nSPS) is 11.2. The minimum absolute atomic E-state index is 0.108. The number of carbonyl (C=O) groups is 1. The summed E-state index contributed by atoms with van der Waals surface area (Å²) >= 11 is 0. The van der Waals surface area contributed by atoms with Gasteiger partial charge in [0.05, 0.1) is 4.92 Å². The molecule has 1 heterocycles. The molecule has 0 unspecified atom stereocenters. The summed E-state index contributed by atoms with van der Waals surface area (Å²) < 4.78 is 5.65. The van der Waals surface area contributed by atoms with E-state index in [-0.39, 0.29) is 11.6 Å². The molecule has 0 aliphatic heterocycles. The third-order valence-corrected chi connectivity index (χ3v) is 3.76. The van der Waals surface area contributed by atoms with Gasteiger partial charge in [0, 0.05) is 17.7 Å². The zero-order valence-corrected chi connectivity index (χ0v) is 14.6. The molecule has 1 aromatic heterocycles. The molecule has 0 saturated heterocycles. The van der Waals surface area contributed by atoms with Crippen LogP contribution >= 0.6 is 0 Å². The summed E-state index contributed by atoms with van der Waals surface area (Å²) in [4.78, 5) is 25.4. The van der Waals surface area contributed by atoms with Crippen LogP contribution < -0.4 is 4.74 Å². The number of aromatic nitrogens is 1. The van der Waals surface area contributed by atoms with Gasteiger partial charge in [0.25, 0.3) is 5.69 Å². The second kappa shape index (κ2) is 8.75. The zero-order chi connectivity index (χ0) is 19.1. The van der Waals surface area contributed by atoms with Crippen LogP contribution in [0.4, 0.5) is 5.69 Å². The molecule has 7 heteroatoms. The fraction of sp³-hybridized carbons (Fsp3) is 0.263. The molecule has 0 radical (unpaired) electrons. The van der Waals surface area contributed by atoms with Crippen LogP contribution in [0.15, 0.2) is 42.1 Å². The highest BCUT2D eigenvalue weighted by molar-refractivity contribution is 5.92. The summed E-state index contributed by atoms with van der Waals surface area (Å²) in [5, 5.41) is 19.9. The maximum atomic E-state index is 11.3. The van der Waals surface area contributed by atoms with Crippen molar-refractivity contribution in [3.05, 3.63) is 63.3 Å². The predicted molar refractivity (Wildman–Crippen MR) is 97.3 cm³/mol. The van der Waals surface area contributed by atoms with Crippen molar-refractivity contribution in [3.63, 3.8) is 0 Å². The first kappa shape index (κ1) is 19.1. The Balaban J connectivity index is 2.18. The highest BCUT2D eigenvalue weighted by atomic mass is 16.6. The molecule has 26 heavy (non-hydrogen) atoms. The summed E-state index contributed by atoms with van der Waals surface area (Å²) in [6.45, 7) is 3.85. The Morgan fingerprint density at radius 1 is 1.35 bits per heavy atom. The van der Waals surface area contributed by atoms with Crippen LogP contribution in [0.3, 0.4) is 0 Å². The minimum atomic E-state index is -0.911. The molecule has 136 valence electrons. The van der Waals surface area contributed by atoms with Crippen molar-refractivity contribution in [2.24, 2.45) is 0 Å². The van der Waals surface area contributed by atoms with Crippen LogP contribution in [0.25, 0.3) is 6.08 Å². The number of carboxylic acid groups (broad SMARTS) is 1. The highest BCUT2D eigenvalue weighted by Crippen LogP contribution is 2.26. The summed E-state index contributed by atoms with van der Waals surface area (Å²) in [5.74, 6) is -0.114. The fourth-order valence-electron chi connectivity index (χ4n) is 2.34. The number of nitrogens with zero attached hydrogens (tertiary/aromatic N) is 2. The van der Waals surface area contributed by atoms with Crippen molar-refractivity contribution in [3.8, 4) is 11.6 Å². The van der Waals surface area contributed by atoms with Crippen LogP contribution in [0.5, 0.6) is 11.6 Å². The van der Waals surface area contributed by atoms with Crippen molar-refractivity contribution in [1.82, 2.24) is 4.98 Å². The van der Waals surface area contributed by atoms with Crippen molar-refractivity contribution in [2.75, 3.05) is 0 Å². The highest BCUT2D eigenvalue weighted by Gasteiger charge is 2.10. The number of ether oxygens (including phenoxy) is 1. The van der Waals surface area contributed by atoms with Gasteiger partial charge >= 0.3 is 5.97 Å². The molecule has 7 nitrogen and oxygen atoms in total. The number of pyridine rings is 1. The lowest BCUT2D eigenvalue weighted by molar-refractivity contribution is -0.385. The van der Waals surface area contributed by atoms with E-state index in [1.54, 1.807) is 18.2 Å². The van der Waals surface area contributed by atoms with E-state index in [2.05, 4.69) is 4.98 Å². The Bertz CT molecular complexity index is 828. The first-order chi connectivity index (χ1) is 12.4. The van der Waals surface area contributed by atoms with Crippen molar-refractivity contribution < 1.29 is 19.6 Å². The molecule has 2 aromatic rings. The topological polar surface area (TPSA) is 103 Å². The van der Waals surface area contributed by atoms with E-state index in [4.69, 9.17) is 4.74 Å². The molecule has 1 N–H and O–H groups in total. The number of hydrogen-bond donors (Lipinski definition) is 1. The smallest absolute Gasteiger partial charge is 0.331 e. The van der Waals surface area contributed by atoms with Crippen LogP contribution in [0.2, 0.25) is 0 Å². The summed E-state index contributed by atoms with van der Waals surface area (Å²) in [5.41, 5.74) is 1.85. The Hall–Kier alpha value is -3.22. The number of aliphatic carboxylic acids is 1. The molecule has 2 rings (SSSR count). The van der Waals surface area contributed by atoms with Crippen LogP contribution in [0, 0.1) is 17.0 Å². The second-order valence-electron chi connectivity index (χ2n) is 5.82. The van der Waals surface area contributed by atoms with Gasteiger partial charge in [-0.1, -0.05) is 19.4 Å². The summed E-state index contributed by atoms with van der Waals surface area (Å²) in [7, 11) is 0. The summed E-state index contributed by atoms with van der Waals surface area (Å²) in [6.07, 6.45) is 5.08. The van der Waals surface area contributed by atoms with Crippen molar-refractivity contribution >= 4 is 17.7 Å². The number of hydrogen-bond acceptors (Lipinski definition) is 5. The lowest BCUT2D eigenvalue weighted by Crippen LogP contribution is -2.00. The maximum absolute atomic E-state index is 11.3. The molecule has 0 spiro atoms. The largest absolute Gasteiger partial charge is 0.478 e. The van der Waals surface area contributed by atoms with Crippen molar-refractivity contribution in [2.45, 2.75) is 33.1 Å². The van der Waals surface area contributed by atoms with E-state index in [1.807, 2.05) is 19.9 Å². The molecular formula is C19H20N2O5. The van der Waals surface area contributed by atoms with Gasteiger partial charge in [0.1, 0.15) is 11.9 Å². The number of benzene rings is 1. The van der Waals surface area contributed by atoms with Crippen molar-refractivity contribution in [1.29, 1.82) is 0 Å². The lowest BCUT2D eigenvalue weighted by atomic mass is 10.0. The number of aryl methyl sites for hydroxylation is 1. The van der Waals surface area contributed by atoms with E-state index in [0.29, 0.717) is 17.7 Å². The molecule has 0 amide bonds. The fourth-order valence-corrected chi connectivity index (χ4v) is 2.34. The van der Waals surface area contributed by atoms with Gasteiger partial charge in [0.2, 0.25) is 5.88 Å². The standard InChI is InChI=1S/C19H20N2O5/c1-3-4-5-15(19(22)23)11-14-6-8-17(13(2)10-14)26-18-9-7-16(12-20-18)21(24)25/h6-12H,3-5H2,1-2H3,(H,22,23)/b15-11+. The molecule has 0 aliphatic rings. The quantitative estimate of drug-likeness (QED) is 0.416. The molecule has 0 bridgehead atoms. The molecule has 0 atom stereocenters. The van der Waals surface area contributed by atoms with E-state index < -0.39 is 10.9 Å². The Kier molecular flexibility index (Phi) is 6.43. The van der Waals surface area contributed by atoms with Gasteiger partial charge in [-0.05, 0) is 49.1 Å². The van der Waals surface area contributed by atoms with Gasteiger partial charge in [-0.2, -0.15) is 0 Å². The van der Waals surface area contributed by atoms with Gasteiger partial charge in [0.15, 0.2) is 0 Å². The van der Waals surface area contributed by atoms with Gasteiger partial charge in [-0.3, -0.25) is 10.1 Å². The average Bonchev–Trinajstić information content (AvgIpc) is 2.61. The van der Waals surface area contributed by atoms with Crippen LogP contribution in [0.1, 0.15) is 37.3 Å². The third-order valence-electron chi connectivity index (χ3n) is 3.76. The van der Waals surface area contributed by atoms with Crippen LogP contribution in [-0.4, -0.2) is 21.0 Å². The first-order valence-corrected chi connectivity index (χ1v) is 8.23. The van der Waals surface area contributed by atoms with Gasteiger partial charge in [-0.15, -0.1) is 0 Å². The third kappa shape index (κ3) is 5.14. The van der Waals surface area contributed by atoms with Crippen LogP contribution in [-0.2, 0) is 4.79 Å². The van der Waals surface area contributed by atoms with Gasteiger partial charge < -0.3 is 9.84 Å². The molecule has 0 fully saturated rings. The van der Waals surface area contributed by atoms with E-state index in [1.165, 1.54) is 12.1 Å². The minimum Gasteiger partial charge on any atom is -0.478 e. The maximum Gasteiger partial charge on any atom is 0.331 e. The number of rotatable bonds is 8. The monoisotopic (exact) mass is 356 g/mol. The molecule has 0 aliphatic carbocycles. The molecular weight excluding hydrogens is 336 g/mol. The summed E-state index contributed by atoms with van der Waals surface area (Å²) in [6, 6.07) is 8.07. The Morgan fingerprint density at radius 3 is 2.65 bits per heavy atom. The Labute approximate surface area is 151 Å². The Morgan fingerprint density at radius 2 is 2.12 bits per heavy atom. The lowest BCUT2D eigenvalue weighted by Gasteiger charge is -2.09. The number of nitro groups is 1. The predicted octanol–water partition coefficient (Wildman–Crippen LogP) is 4.75. The zero-order valence-electron chi connectivity index (χ0n) is 14.6. The second-order valence-corrected chi connectivity index (χ2v) is 5.82. The number of unbranched alkanes of at least 4 members (excludes halogenated alkanes) is 1. The van der Waals surface area contributed by atoms with E-state index in [0.717, 1.165) is 30.2 Å². The van der Waals surface area contributed by atoms with E-state index >= 15 is 0 Å². The van der Waals surface area contributed by atoms with E-state index in [9.17, 15) is 20.0 Å². The van der Waals surface area contributed by atoms with Gasteiger partial charge in [-0.25, -0.2) is 9.78 Å². The SMILES string of the molecule is CCCC/C(=C\c1ccc(Oc2ccc([N+](=O)[O-])cn2)c(C)c1)C(=O)O. The average molecular weight is 356 g/mol. The molecule has 1 aromatic carbocycles. The first-order valence-electron chi connectivity index (χ1n) is 8.23. The number of carboxylic acids is 1.